The molecule has 0 amide bonds. The average Bonchev–Trinajstić information content (AvgIpc) is 3.01. The molecule has 4 aromatic heterocycles. The predicted octanol–water partition coefficient (Wildman–Crippen LogP) is 2.82. The summed E-state index contributed by atoms with van der Waals surface area (Å²) < 4.78 is 1.74. The molecule has 0 atom stereocenters. The van der Waals surface area contributed by atoms with Crippen LogP contribution < -0.4 is 11.1 Å². The zero-order chi connectivity index (χ0) is 19.7. The third-order valence-electron chi connectivity index (χ3n) is 4.61. The lowest BCUT2D eigenvalue weighted by Crippen LogP contribution is -2.06. The van der Waals surface area contributed by atoms with Crippen LogP contribution in [0.2, 0.25) is 0 Å². The van der Waals surface area contributed by atoms with Crippen molar-refractivity contribution in [2.75, 3.05) is 17.7 Å². The number of aromatic nitrogens is 5. The molecule has 4 aromatic rings. The number of hydrogen-bond acceptors (Lipinski definition) is 7. The van der Waals surface area contributed by atoms with Crippen LogP contribution >= 0.6 is 0 Å². The Hall–Kier alpha value is -3.52. The van der Waals surface area contributed by atoms with Gasteiger partial charge in [-0.2, -0.15) is 5.10 Å². The van der Waals surface area contributed by atoms with Gasteiger partial charge in [-0.15, -0.1) is 0 Å². The number of anilines is 3. The summed E-state index contributed by atoms with van der Waals surface area (Å²) in [5, 5.41) is 18.5. The number of aryl methyl sites for hydroxylation is 2. The molecule has 4 heterocycles. The Balaban J connectivity index is 1.72. The predicted molar refractivity (Wildman–Crippen MR) is 109 cm³/mol. The van der Waals surface area contributed by atoms with Crippen molar-refractivity contribution in [1.29, 1.82) is 0 Å². The number of nitrogens with zero attached hydrogens (tertiary/aromatic N) is 5. The van der Waals surface area contributed by atoms with E-state index in [4.69, 9.17) is 10.8 Å². The highest BCUT2D eigenvalue weighted by Crippen LogP contribution is 2.29. The number of aliphatic hydroxyl groups excluding tert-OH is 1. The van der Waals surface area contributed by atoms with Gasteiger partial charge in [-0.25, -0.2) is 9.97 Å². The maximum Gasteiger partial charge on any atom is 0.153 e. The van der Waals surface area contributed by atoms with Crippen molar-refractivity contribution < 1.29 is 5.11 Å². The van der Waals surface area contributed by atoms with Crippen LogP contribution in [0.4, 0.5) is 17.5 Å². The van der Waals surface area contributed by atoms with Crippen molar-refractivity contribution in [3.05, 3.63) is 54.1 Å². The molecule has 142 valence electrons. The molecule has 0 saturated carbocycles. The molecular weight excluding hydrogens is 354 g/mol. The van der Waals surface area contributed by atoms with Crippen LogP contribution in [-0.2, 0) is 6.54 Å². The highest BCUT2D eigenvalue weighted by atomic mass is 16.3. The van der Waals surface area contributed by atoms with E-state index in [1.54, 1.807) is 23.3 Å². The first-order chi connectivity index (χ1) is 13.5. The molecule has 0 fully saturated rings. The normalized spacial score (nSPS) is 11.1. The molecule has 0 radical (unpaired) electrons. The monoisotopic (exact) mass is 375 g/mol. The van der Waals surface area contributed by atoms with Gasteiger partial charge < -0.3 is 16.2 Å². The summed E-state index contributed by atoms with van der Waals surface area (Å²) in [6.45, 7) is 4.45. The van der Waals surface area contributed by atoms with Gasteiger partial charge in [0.1, 0.15) is 11.6 Å². The van der Waals surface area contributed by atoms with E-state index in [2.05, 4.69) is 25.4 Å². The van der Waals surface area contributed by atoms with Gasteiger partial charge >= 0.3 is 0 Å². The molecule has 28 heavy (non-hydrogen) atoms. The summed E-state index contributed by atoms with van der Waals surface area (Å²) >= 11 is 0. The van der Waals surface area contributed by atoms with Gasteiger partial charge in [0.05, 0.1) is 18.8 Å². The van der Waals surface area contributed by atoms with Crippen molar-refractivity contribution in [3.63, 3.8) is 0 Å². The van der Waals surface area contributed by atoms with Crippen molar-refractivity contribution in [2.45, 2.75) is 20.4 Å². The van der Waals surface area contributed by atoms with Crippen molar-refractivity contribution in [1.82, 2.24) is 24.7 Å². The zero-order valence-electron chi connectivity index (χ0n) is 15.7. The number of nitrogens with one attached hydrogen (secondary N) is 1. The molecule has 0 aliphatic carbocycles. The standard InChI is InChI=1S/C20H21N7O/c1-12-3-4-22-10-15(12)17-8-14-9-18(23-11-16(14)20(21)24-17)25-19-7-13(2)27(26-19)5-6-28/h3-4,7-11,28H,5-6H2,1-2H3,(H2,21,24)(H,23,25,26). The van der Waals surface area contributed by atoms with Crippen LogP contribution in [0.5, 0.6) is 0 Å². The van der Waals surface area contributed by atoms with Crippen LogP contribution in [0.1, 0.15) is 11.3 Å². The Labute approximate surface area is 162 Å². The van der Waals surface area contributed by atoms with Crippen LogP contribution in [0.25, 0.3) is 22.0 Å². The van der Waals surface area contributed by atoms with E-state index in [1.165, 1.54) is 0 Å². The molecule has 4 rings (SSSR count). The Morgan fingerprint density at radius 3 is 2.79 bits per heavy atom. The third kappa shape index (κ3) is 3.37. The Morgan fingerprint density at radius 2 is 2.00 bits per heavy atom. The van der Waals surface area contributed by atoms with Gasteiger partial charge in [0.25, 0.3) is 0 Å². The van der Waals surface area contributed by atoms with Gasteiger partial charge in [0.2, 0.25) is 0 Å². The van der Waals surface area contributed by atoms with Crippen LogP contribution in [-0.4, -0.2) is 36.4 Å². The number of fused-ring (bicyclic) bond motifs is 1. The zero-order valence-corrected chi connectivity index (χ0v) is 15.7. The third-order valence-corrected chi connectivity index (χ3v) is 4.61. The van der Waals surface area contributed by atoms with Crippen LogP contribution in [0, 0.1) is 13.8 Å². The van der Waals surface area contributed by atoms with Gasteiger partial charge in [-0.3, -0.25) is 9.67 Å². The van der Waals surface area contributed by atoms with E-state index in [9.17, 15) is 0 Å². The molecule has 0 unspecified atom stereocenters. The van der Waals surface area contributed by atoms with Gasteiger partial charge in [-0.1, -0.05) is 0 Å². The molecule has 8 heteroatoms. The molecule has 8 nitrogen and oxygen atoms in total. The number of pyridine rings is 3. The second-order valence-corrected chi connectivity index (χ2v) is 6.62. The summed E-state index contributed by atoms with van der Waals surface area (Å²) in [7, 11) is 0. The Kier molecular flexibility index (Phi) is 4.62. The minimum absolute atomic E-state index is 0.0407. The number of nitrogen functional groups attached to an aromatic ring is 1. The second-order valence-electron chi connectivity index (χ2n) is 6.62. The minimum atomic E-state index is 0.0407. The topological polar surface area (TPSA) is 115 Å². The quantitative estimate of drug-likeness (QED) is 0.491. The summed E-state index contributed by atoms with van der Waals surface area (Å²) in [5.41, 5.74) is 9.93. The van der Waals surface area contributed by atoms with Crippen LogP contribution in [0.3, 0.4) is 0 Å². The highest BCUT2D eigenvalue weighted by molar-refractivity contribution is 5.94. The maximum atomic E-state index is 9.11. The fraction of sp³-hybridized carbons (Fsp3) is 0.200. The number of hydrogen-bond donors (Lipinski definition) is 3. The molecule has 0 aliphatic rings. The minimum Gasteiger partial charge on any atom is -0.394 e. The summed E-state index contributed by atoms with van der Waals surface area (Å²) in [6, 6.07) is 7.76. The molecular formula is C20H21N7O. The first-order valence-electron chi connectivity index (χ1n) is 8.95. The number of aliphatic hydroxyl groups is 1. The highest BCUT2D eigenvalue weighted by Gasteiger charge is 2.10. The van der Waals surface area contributed by atoms with E-state index >= 15 is 0 Å². The smallest absolute Gasteiger partial charge is 0.153 e. The fourth-order valence-corrected chi connectivity index (χ4v) is 3.14. The van der Waals surface area contributed by atoms with Crippen molar-refractivity contribution in [3.8, 4) is 11.3 Å². The van der Waals surface area contributed by atoms with Gasteiger partial charge in [-0.05, 0) is 43.0 Å². The van der Waals surface area contributed by atoms with Crippen molar-refractivity contribution >= 4 is 28.2 Å². The second kappa shape index (κ2) is 7.24. The first-order valence-corrected chi connectivity index (χ1v) is 8.95. The molecule has 0 bridgehead atoms. The summed E-state index contributed by atoms with van der Waals surface area (Å²) in [5.74, 6) is 1.75. The van der Waals surface area contributed by atoms with E-state index in [0.717, 1.165) is 33.3 Å². The molecule has 0 saturated heterocycles. The van der Waals surface area contributed by atoms with Crippen molar-refractivity contribution in [2.24, 2.45) is 0 Å². The first kappa shape index (κ1) is 17.9. The molecule has 0 aromatic carbocycles. The largest absolute Gasteiger partial charge is 0.394 e. The molecule has 4 N–H and O–H groups in total. The molecule has 0 spiro atoms. The average molecular weight is 375 g/mol. The SMILES string of the molecule is Cc1ccncc1-c1cc2cc(Nc3cc(C)n(CCO)n3)ncc2c(N)n1. The Morgan fingerprint density at radius 1 is 1.14 bits per heavy atom. The summed E-state index contributed by atoms with van der Waals surface area (Å²) in [6.07, 6.45) is 5.25. The fourth-order valence-electron chi connectivity index (χ4n) is 3.14. The number of rotatable bonds is 5. The summed E-state index contributed by atoms with van der Waals surface area (Å²) in [4.78, 5) is 13.1. The van der Waals surface area contributed by atoms with E-state index in [1.807, 2.05) is 38.1 Å². The number of nitrogens with two attached hydrogens (primary N) is 1. The van der Waals surface area contributed by atoms with E-state index in [-0.39, 0.29) is 6.61 Å². The van der Waals surface area contributed by atoms with Gasteiger partial charge in [0.15, 0.2) is 5.82 Å². The van der Waals surface area contributed by atoms with Crippen LogP contribution in [0.15, 0.2) is 42.9 Å². The van der Waals surface area contributed by atoms with E-state index in [0.29, 0.717) is 24.0 Å². The maximum absolute atomic E-state index is 9.11. The lowest BCUT2D eigenvalue weighted by atomic mass is 10.1. The lowest BCUT2D eigenvalue weighted by molar-refractivity contribution is 0.268. The Bertz CT molecular complexity index is 1150. The lowest BCUT2D eigenvalue weighted by Gasteiger charge is -2.09. The molecule has 0 aliphatic heterocycles. The van der Waals surface area contributed by atoms with Gasteiger partial charge in [0, 0.05) is 41.3 Å². The van der Waals surface area contributed by atoms with E-state index < -0.39 is 0 Å².